The van der Waals surface area contributed by atoms with Crippen molar-refractivity contribution < 1.29 is 9.47 Å². The number of nitrogens with one attached hydrogen (secondary N) is 2. The molecule has 4 rings (SSSR count). The molecule has 2 aromatic rings. The van der Waals surface area contributed by atoms with Crippen LogP contribution in [0.2, 0.25) is 0 Å². The summed E-state index contributed by atoms with van der Waals surface area (Å²) >= 11 is 0. The zero-order valence-corrected chi connectivity index (χ0v) is 18.6. The summed E-state index contributed by atoms with van der Waals surface area (Å²) in [5.41, 5.74) is 3.46. The second-order valence-corrected chi connectivity index (χ2v) is 9.41. The van der Waals surface area contributed by atoms with Crippen molar-refractivity contribution in [2.24, 2.45) is 0 Å². The fraction of sp³-hybridized carbons (Fsp3) is 0.565. The van der Waals surface area contributed by atoms with Crippen molar-refractivity contribution in [1.29, 1.82) is 0 Å². The molecule has 162 valence electrons. The molecule has 7 heteroatoms. The van der Waals surface area contributed by atoms with Crippen LogP contribution >= 0.6 is 0 Å². The maximum atomic E-state index is 6.10. The average Bonchev–Trinajstić information content (AvgIpc) is 3.29. The van der Waals surface area contributed by atoms with Crippen molar-refractivity contribution in [2.45, 2.75) is 57.0 Å². The highest BCUT2D eigenvalue weighted by Gasteiger charge is 2.47. The third kappa shape index (κ3) is 4.58. The van der Waals surface area contributed by atoms with Crippen LogP contribution in [0.5, 0.6) is 0 Å². The summed E-state index contributed by atoms with van der Waals surface area (Å²) in [6.45, 7) is 8.48. The van der Waals surface area contributed by atoms with Crippen LogP contribution in [0.25, 0.3) is 0 Å². The number of hydrogen-bond donors (Lipinski definition) is 2. The molecule has 0 bridgehead atoms. The van der Waals surface area contributed by atoms with Crippen LogP contribution in [0.4, 0.5) is 11.6 Å². The van der Waals surface area contributed by atoms with E-state index in [4.69, 9.17) is 9.47 Å². The van der Waals surface area contributed by atoms with Crippen LogP contribution < -0.4 is 15.5 Å². The molecule has 3 heterocycles. The maximum absolute atomic E-state index is 6.10. The van der Waals surface area contributed by atoms with E-state index in [1.165, 1.54) is 11.3 Å². The number of hydrogen-bond acceptors (Lipinski definition) is 7. The Balaban J connectivity index is 1.33. The van der Waals surface area contributed by atoms with E-state index in [2.05, 4.69) is 84.6 Å². The molecule has 0 radical (unpaired) electrons. The normalized spacial score (nSPS) is 25.9. The van der Waals surface area contributed by atoms with Crippen molar-refractivity contribution in [3.05, 3.63) is 47.8 Å². The van der Waals surface area contributed by atoms with Crippen LogP contribution in [0.15, 0.2) is 36.5 Å². The first-order chi connectivity index (χ1) is 14.3. The number of fused-ring (bicyclic) bond motifs is 1. The first kappa shape index (κ1) is 21.0. The van der Waals surface area contributed by atoms with E-state index in [0.717, 1.165) is 12.2 Å². The lowest BCUT2D eigenvalue weighted by molar-refractivity contribution is 0.0675. The smallest absolute Gasteiger partial charge is 0.223 e. The van der Waals surface area contributed by atoms with Crippen LogP contribution in [0, 0.1) is 0 Å². The first-order valence-corrected chi connectivity index (χ1v) is 10.6. The molecule has 4 atom stereocenters. The van der Waals surface area contributed by atoms with Gasteiger partial charge in [0.25, 0.3) is 0 Å². The number of nitrogens with zero attached hydrogens (tertiary/aromatic N) is 3. The maximum Gasteiger partial charge on any atom is 0.223 e. The largest absolute Gasteiger partial charge is 0.378 e. The van der Waals surface area contributed by atoms with Gasteiger partial charge in [-0.05, 0) is 23.8 Å². The van der Waals surface area contributed by atoms with Gasteiger partial charge in [0.05, 0.1) is 31.0 Å². The Morgan fingerprint density at radius 1 is 1.00 bits per heavy atom. The SMILES string of the molecule is CN(C)c1ccc(CNC2COC3C(Nc4nccc(C(C)(C)C)n4)COC23)cc1. The molecule has 2 aliphatic rings. The van der Waals surface area contributed by atoms with E-state index in [1.807, 2.05) is 12.3 Å². The highest BCUT2D eigenvalue weighted by atomic mass is 16.6. The van der Waals surface area contributed by atoms with E-state index in [0.29, 0.717) is 19.2 Å². The molecule has 0 saturated carbocycles. The Hall–Kier alpha value is -2.22. The number of benzene rings is 1. The number of ether oxygens (including phenoxy) is 2. The Labute approximate surface area is 179 Å². The number of anilines is 2. The molecule has 7 nitrogen and oxygen atoms in total. The van der Waals surface area contributed by atoms with Crippen molar-refractivity contribution in [2.75, 3.05) is 37.5 Å². The molecule has 2 fully saturated rings. The molecule has 4 unspecified atom stereocenters. The number of aromatic nitrogens is 2. The standard InChI is InChI=1S/C23H33N5O2/c1-23(2,3)19-10-11-24-22(27-19)26-18-14-30-20-17(13-29-21(18)20)25-12-15-6-8-16(9-7-15)28(4)5/h6-11,17-18,20-21,25H,12-14H2,1-5H3,(H,24,26,27). The molecule has 2 N–H and O–H groups in total. The zero-order valence-electron chi connectivity index (χ0n) is 18.6. The van der Waals surface area contributed by atoms with Gasteiger partial charge >= 0.3 is 0 Å². The quantitative estimate of drug-likeness (QED) is 0.757. The van der Waals surface area contributed by atoms with Crippen molar-refractivity contribution in [3.63, 3.8) is 0 Å². The van der Waals surface area contributed by atoms with Crippen LogP contribution in [-0.4, -0.2) is 61.6 Å². The van der Waals surface area contributed by atoms with Gasteiger partial charge in [0, 0.05) is 37.9 Å². The van der Waals surface area contributed by atoms with Crippen molar-refractivity contribution in [1.82, 2.24) is 15.3 Å². The lowest BCUT2D eigenvalue weighted by atomic mass is 9.92. The Kier molecular flexibility index (Phi) is 5.95. The van der Waals surface area contributed by atoms with Crippen LogP contribution in [0.1, 0.15) is 32.0 Å². The summed E-state index contributed by atoms with van der Waals surface area (Å²) in [7, 11) is 4.10. The van der Waals surface area contributed by atoms with E-state index in [9.17, 15) is 0 Å². The fourth-order valence-electron chi connectivity index (χ4n) is 3.97. The Bertz CT molecular complexity index is 849. The minimum absolute atomic E-state index is 0.000472. The lowest BCUT2D eigenvalue weighted by Gasteiger charge is -2.21. The Morgan fingerprint density at radius 2 is 1.67 bits per heavy atom. The van der Waals surface area contributed by atoms with Gasteiger partial charge in [-0.25, -0.2) is 9.97 Å². The summed E-state index contributed by atoms with van der Waals surface area (Å²) in [6, 6.07) is 10.8. The van der Waals surface area contributed by atoms with Crippen LogP contribution in [-0.2, 0) is 21.4 Å². The molecule has 2 saturated heterocycles. The highest BCUT2D eigenvalue weighted by Crippen LogP contribution is 2.29. The van der Waals surface area contributed by atoms with Gasteiger partial charge in [-0.2, -0.15) is 0 Å². The van der Waals surface area contributed by atoms with E-state index in [-0.39, 0.29) is 29.7 Å². The fourth-order valence-corrected chi connectivity index (χ4v) is 3.97. The molecular weight excluding hydrogens is 378 g/mol. The Morgan fingerprint density at radius 3 is 2.33 bits per heavy atom. The molecule has 0 spiro atoms. The predicted octanol–water partition coefficient (Wildman–Crippen LogP) is 2.58. The topological polar surface area (TPSA) is 71.5 Å². The second kappa shape index (κ2) is 8.49. The van der Waals surface area contributed by atoms with Gasteiger partial charge in [0.15, 0.2) is 0 Å². The van der Waals surface area contributed by atoms with Crippen molar-refractivity contribution in [3.8, 4) is 0 Å². The van der Waals surface area contributed by atoms with Crippen LogP contribution in [0.3, 0.4) is 0 Å². The van der Waals surface area contributed by atoms with E-state index >= 15 is 0 Å². The second-order valence-electron chi connectivity index (χ2n) is 9.41. The van der Waals surface area contributed by atoms with Gasteiger partial charge in [-0.1, -0.05) is 32.9 Å². The van der Waals surface area contributed by atoms with Gasteiger partial charge < -0.3 is 25.0 Å². The molecule has 1 aromatic heterocycles. The molecule has 2 aliphatic heterocycles. The minimum atomic E-state index is -0.0162. The summed E-state index contributed by atoms with van der Waals surface area (Å²) in [4.78, 5) is 11.2. The molecule has 1 aromatic carbocycles. The third-order valence-corrected chi connectivity index (χ3v) is 5.81. The minimum Gasteiger partial charge on any atom is -0.378 e. The van der Waals surface area contributed by atoms with Gasteiger partial charge in [-0.15, -0.1) is 0 Å². The van der Waals surface area contributed by atoms with Gasteiger partial charge in [0.1, 0.15) is 12.2 Å². The lowest BCUT2D eigenvalue weighted by Crippen LogP contribution is -2.41. The summed E-state index contributed by atoms with van der Waals surface area (Å²) in [6.07, 6.45) is 1.85. The molecular formula is C23H33N5O2. The first-order valence-electron chi connectivity index (χ1n) is 10.6. The zero-order chi connectivity index (χ0) is 21.3. The van der Waals surface area contributed by atoms with E-state index in [1.54, 1.807) is 0 Å². The summed E-state index contributed by atoms with van der Waals surface area (Å²) in [5, 5.41) is 7.04. The molecule has 0 aliphatic carbocycles. The number of rotatable bonds is 6. The summed E-state index contributed by atoms with van der Waals surface area (Å²) in [5.74, 6) is 0.637. The molecule has 30 heavy (non-hydrogen) atoms. The monoisotopic (exact) mass is 411 g/mol. The molecule has 0 amide bonds. The van der Waals surface area contributed by atoms with Gasteiger partial charge in [-0.3, -0.25) is 0 Å². The van der Waals surface area contributed by atoms with E-state index < -0.39 is 0 Å². The average molecular weight is 412 g/mol. The summed E-state index contributed by atoms with van der Waals surface area (Å²) < 4.78 is 12.2. The third-order valence-electron chi connectivity index (χ3n) is 5.81. The van der Waals surface area contributed by atoms with Crippen molar-refractivity contribution >= 4 is 11.6 Å². The highest BCUT2D eigenvalue weighted by molar-refractivity contribution is 5.46. The van der Waals surface area contributed by atoms with Gasteiger partial charge in [0.2, 0.25) is 5.95 Å². The predicted molar refractivity (Wildman–Crippen MR) is 119 cm³/mol.